The zero-order chi connectivity index (χ0) is 26.0. The Balaban J connectivity index is 2.20. The number of primary amides is 1. The molecule has 0 saturated heterocycles. The summed E-state index contributed by atoms with van der Waals surface area (Å²) in [5.41, 5.74) is 3.20. The molecule has 6 N–H and O–H groups in total. The van der Waals surface area contributed by atoms with Crippen LogP contribution >= 0.6 is 0 Å². The van der Waals surface area contributed by atoms with Crippen LogP contribution in [0.2, 0.25) is 0 Å². The third kappa shape index (κ3) is 4.43. The van der Waals surface area contributed by atoms with Gasteiger partial charge in [-0.25, -0.2) is 15.1 Å². The van der Waals surface area contributed by atoms with Crippen LogP contribution in [-0.2, 0) is 15.1 Å². The van der Waals surface area contributed by atoms with Crippen molar-refractivity contribution >= 4 is 28.7 Å². The molecular formula is C26H29N3O6. The van der Waals surface area contributed by atoms with Gasteiger partial charge in [-0.15, -0.1) is 0 Å². The van der Waals surface area contributed by atoms with E-state index in [0.29, 0.717) is 0 Å². The first-order chi connectivity index (χ1) is 16.5. The standard InChI is InChI=1S/C26H29N3O6/c1-16(2)15-29(24(27)33)25(3,26(34,23(31)32)22(30)28-35)21-12-10-18(11-13-21)20-9-8-17-6-4-5-7-19(17)14-20/h4-14,16,34-35H,15H2,1-3H3,(H2,27,33)(H,28,30)(H,31,32). The maximum absolute atomic E-state index is 12.6. The second-order valence-corrected chi connectivity index (χ2v) is 9.01. The number of carboxylic acids is 1. The van der Waals surface area contributed by atoms with Crippen LogP contribution < -0.4 is 11.2 Å². The molecule has 9 heteroatoms. The number of hydrogen-bond acceptors (Lipinski definition) is 5. The maximum Gasteiger partial charge on any atom is 0.348 e. The summed E-state index contributed by atoms with van der Waals surface area (Å²) in [6, 6.07) is 19.2. The van der Waals surface area contributed by atoms with E-state index in [9.17, 15) is 29.8 Å². The number of rotatable bonds is 8. The molecule has 3 amide bonds. The van der Waals surface area contributed by atoms with Crippen LogP contribution in [0, 0.1) is 5.92 Å². The molecule has 0 spiro atoms. The van der Waals surface area contributed by atoms with Gasteiger partial charge in [-0.3, -0.25) is 10.0 Å². The van der Waals surface area contributed by atoms with E-state index in [2.05, 4.69) is 0 Å². The quantitative estimate of drug-likeness (QED) is 0.190. The minimum absolute atomic E-state index is 0.0629. The Labute approximate surface area is 202 Å². The number of carboxylic acid groups (broad SMARTS) is 1. The minimum Gasteiger partial charge on any atom is -0.479 e. The number of aliphatic hydroxyl groups is 1. The van der Waals surface area contributed by atoms with E-state index in [0.717, 1.165) is 26.8 Å². The van der Waals surface area contributed by atoms with Gasteiger partial charge in [0, 0.05) is 6.54 Å². The van der Waals surface area contributed by atoms with Crippen molar-refractivity contribution < 1.29 is 29.8 Å². The number of nitrogens with one attached hydrogen (secondary N) is 1. The van der Waals surface area contributed by atoms with E-state index in [-0.39, 0.29) is 18.0 Å². The van der Waals surface area contributed by atoms with Crippen LogP contribution in [0.25, 0.3) is 21.9 Å². The smallest absolute Gasteiger partial charge is 0.348 e. The molecule has 0 aliphatic rings. The monoisotopic (exact) mass is 479 g/mol. The highest BCUT2D eigenvalue weighted by atomic mass is 16.5. The van der Waals surface area contributed by atoms with E-state index in [1.165, 1.54) is 24.5 Å². The Hall–Kier alpha value is -3.95. The van der Waals surface area contributed by atoms with E-state index in [1.807, 2.05) is 42.5 Å². The number of nitrogens with two attached hydrogens (primary N) is 1. The van der Waals surface area contributed by atoms with E-state index >= 15 is 0 Å². The largest absolute Gasteiger partial charge is 0.479 e. The van der Waals surface area contributed by atoms with Crippen molar-refractivity contribution in [2.24, 2.45) is 11.7 Å². The van der Waals surface area contributed by atoms with Gasteiger partial charge in [0.15, 0.2) is 0 Å². The van der Waals surface area contributed by atoms with Crippen LogP contribution in [0.4, 0.5) is 4.79 Å². The second kappa shape index (κ2) is 9.73. The summed E-state index contributed by atoms with van der Waals surface area (Å²) >= 11 is 0. The van der Waals surface area contributed by atoms with E-state index in [1.54, 1.807) is 26.0 Å². The van der Waals surface area contributed by atoms with Crippen LogP contribution in [0.5, 0.6) is 0 Å². The Morgan fingerprint density at radius 3 is 2.06 bits per heavy atom. The maximum atomic E-state index is 12.6. The van der Waals surface area contributed by atoms with Gasteiger partial charge in [0.2, 0.25) is 0 Å². The zero-order valence-corrected chi connectivity index (χ0v) is 19.7. The molecule has 2 unspecified atom stereocenters. The highest BCUT2D eigenvalue weighted by molar-refractivity contribution is 6.07. The molecule has 0 bridgehead atoms. The number of aliphatic carboxylic acids is 1. The van der Waals surface area contributed by atoms with Crippen LogP contribution in [-0.4, -0.2) is 50.4 Å². The molecule has 0 fully saturated rings. The molecule has 0 aromatic heterocycles. The van der Waals surface area contributed by atoms with Gasteiger partial charge in [-0.05, 0) is 46.4 Å². The summed E-state index contributed by atoms with van der Waals surface area (Å²) in [6.07, 6.45) is 0. The number of benzene rings is 3. The number of carbonyl (C=O) groups excluding carboxylic acids is 2. The summed E-state index contributed by atoms with van der Waals surface area (Å²) in [4.78, 5) is 38.3. The fraction of sp³-hybridized carbons (Fsp3) is 0.269. The lowest BCUT2D eigenvalue weighted by atomic mass is 9.73. The first-order valence-corrected chi connectivity index (χ1v) is 11.0. The van der Waals surface area contributed by atoms with Crippen molar-refractivity contribution in [2.45, 2.75) is 31.9 Å². The average Bonchev–Trinajstić information content (AvgIpc) is 2.85. The molecule has 0 radical (unpaired) electrons. The molecule has 2 atom stereocenters. The van der Waals surface area contributed by atoms with Crippen molar-refractivity contribution in [2.75, 3.05) is 6.54 Å². The number of amides is 3. The number of hydrogen-bond donors (Lipinski definition) is 5. The molecule has 0 heterocycles. The van der Waals surface area contributed by atoms with Crippen molar-refractivity contribution in [3.63, 3.8) is 0 Å². The van der Waals surface area contributed by atoms with Gasteiger partial charge in [-0.1, -0.05) is 74.5 Å². The van der Waals surface area contributed by atoms with Crippen molar-refractivity contribution in [1.29, 1.82) is 0 Å². The van der Waals surface area contributed by atoms with Crippen molar-refractivity contribution in [1.82, 2.24) is 10.4 Å². The third-order valence-electron chi connectivity index (χ3n) is 6.33. The fourth-order valence-corrected chi connectivity index (χ4v) is 4.38. The van der Waals surface area contributed by atoms with Gasteiger partial charge in [-0.2, -0.15) is 0 Å². The van der Waals surface area contributed by atoms with E-state index < -0.39 is 29.0 Å². The summed E-state index contributed by atoms with van der Waals surface area (Å²) in [7, 11) is 0. The third-order valence-corrected chi connectivity index (χ3v) is 6.33. The molecule has 184 valence electrons. The van der Waals surface area contributed by atoms with Gasteiger partial charge in [0.25, 0.3) is 11.5 Å². The highest BCUT2D eigenvalue weighted by Gasteiger charge is 2.63. The van der Waals surface area contributed by atoms with Crippen molar-refractivity contribution in [3.8, 4) is 11.1 Å². The first-order valence-electron chi connectivity index (χ1n) is 11.0. The van der Waals surface area contributed by atoms with Crippen LogP contribution in [0.3, 0.4) is 0 Å². The number of fused-ring (bicyclic) bond motifs is 1. The number of urea groups is 1. The molecule has 3 aromatic rings. The summed E-state index contributed by atoms with van der Waals surface area (Å²) < 4.78 is 0. The molecule has 3 rings (SSSR count). The Bertz CT molecular complexity index is 1260. The normalized spacial score (nSPS) is 14.7. The van der Waals surface area contributed by atoms with Gasteiger partial charge in [0.05, 0.1) is 0 Å². The fourth-order valence-electron chi connectivity index (χ4n) is 4.38. The molecular weight excluding hydrogens is 450 g/mol. The van der Waals surface area contributed by atoms with Gasteiger partial charge >= 0.3 is 12.0 Å². The molecule has 0 aliphatic carbocycles. The average molecular weight is 480 g/mol. The van der Waals surface area contributed by atoms with Gasteiger partial charge < -0.3 is 20.8 Å². The molecule has 3 aromatic carbocycles. The summed E-state index contributed by atoms with van der Waals surface area (Å²) in [5, 5.41) is 32.5. The predicted octanol–water partition coefficient (Wildman–Crippen LogP) is 3.08. The topological polar surface area (TPSA) is 153 Å². The number of carbonyl (C=O) groups is 3. The minimum atomic E-state index is -3.27. The highest BCUT2D eigenvalue weighted by Crippen LogP contribution is 2.41. The lowest BCUT2D eigenvalue weighted by Gasteiger charge is -2.48. The Morgan fingerprint density at radius 1 is 0.971 bits per heavy atom. The summed E-state index contributed by atoms with van der Waals surface area (Å²) in [6.45, 7) is 4.71. The Morgan fingerprint density at radius 2 is 1.54 bits per heavy atom. The number of hydroxylamine groups is 1. The van der Waals surface area contributed by atoms with E-state index in [4.69, 9.17) is 5.73 Å². The number of nitrogens with zero attached hydrogens (tertiary/aromatic N) is 1. The van der Waals surface area contributed by atoms with Crippen LogP contribution in [0.15, 0.2) is 66.7 Å². The predicted molar refractivity (Wildman–Crippen MR) is 130 cm³/mol. The van der Waals surface area contributed by atoms with Gasteiger partial charge in [0.1, 0.15) is 5.54 Å². The Kier molecular flexibility index (Phi) is 7.14. The first kappa shape index (κ1) is 25.7. The van der Waals surface area contributed by atoms with Crippen molar-refractivity contribution in [3.05, 3.63) is 72.3 Å². The summed E-state index contributed by atoms with van der Waals surface area (Å²) in [5.74, 6) is -3.75. The lowest BCUT2D eigenvalue weighted by molar-refractivity contribution is -0.187. The lowest BCUT2D eigenvalue weighted by Crippen LogP contribution is -2.71. The zero-order valence-electron chi connectivity index (χ0n) is 19.7. The second-order valence-electron chi connectivity index (χ2n) is 9.01. The molecule has 0 aliphatic heterocycles. The molecule has 0 saturated carbocycles. The SMILES string of the molecule is CC(C)CN(C(N)=O)C(C)(c1ccc(-c2ccc3ccccc3c2)cc1)C(O)(C(=O)O)C(=O)NO. The van der Waals surface area contributed by atoms with Crippen LogP contribution in [0.1, 0.15) is 26.3 Å². The molecule has 9 nitrogen and oxygen atoms in total. The molecule has 35 heavy (non-hydrogen) atoms.